The molecule has 2 nitrogen and oxygen atoms in total. The van der Waals surface area contributed by atoms with Gasteiger partial charge < -0.3 is 9.47 Å². The number of hydrogen-bond donors (Lipinski definition) is 0. The van der Waals surface area contributed by atoms with Crippen LogP contribution >= 0.6 is 0 Å². The summed E-state index contributed by atoms with van der Waals surface area (Å²) in [6.07, 6.45) is 14.2. The smallest absolute Gasteiger partial charge is 0.119 e. The van der Waals surface area contributed by atoms with Crippen LogP contribution in [0.3, 0.4) is 0 Å². The molecule has 0 spiro atoms. The SMILES string of the molecule is CCCC=CCOc1ccc(C#Cc2ccc(OCCCCCCCC)cc2)cc1. The molecule has 30 heavy (non-hydrogen) atoms. The van der Waals surface area contributed by atoms with E-state index in [-0.39, 0.29) is 0 Å². The Balaban J connectivity index is 1.72. The Kier molecular flexibility index (Phi) is 12.0. The molecule has 2 aromatic carbocycles. The van der Waals surface area contributed by atoms with Crippen molar-refractivity contribution >= 4 is 0 Å². The fourth-order valence-electron chi connectivity index (χ4n) is 2.98. The molecule has 0 heterocycles. The van der Waals surface area contributed by atoms with Gasteiger partial charge >= 0.3 is 0 Å². The van der Waals surface area contributed by atoms with Crippen molar-refractivity contribution in [1.82, 2.24) is 0 Å². The van der Waals surface area contributed by atoms with Crippen molar-refractivity contribution in [3.8, 4) is 23.3 Å². The molecule has 0 amide bonds. The van der Waals surface area contributed by atoms with Crippen LogP contribution in [0.2, 0.25) is 0 Å². The van der Waals surface area contributed by atoms with E-state index in [1.807, 2.05) is 48.5 Å². The molecule has 0 fully saturated rings. The van der Waals surface area contributed by atoms with Gasteiger partial charge in [-0.2, -0.15) is 0 Å². The Labute approximate surface area is 183 Å². The first kappa shape index (κ1) is 23.6. The lowest BCUT2D eigenvalue weighted by molar-refractivity contribution is 0.304. The van der Waals surface area contributed by atoms with Crippen LogP contribution in [-0.2, 0) is 0 Å². The Bertz CT molecular complexity index is 776. The van der Waals surface area contributed by atoms with Crippen LogP contribution in [0.4, 0.5) is 0 Å². The van der Waals surface area contributed by atoms with Crippen LogP contribution in [-0.4, -0.2) is 13.2 Å². The maximum atomic E-state index is 5.83. The van der Waals surface area contributed by atoms with Crippen LogP contribution in [0.25, 0.3) is 0 Å². The Hall–Kier alpha value is -2.66. The Morgan fingerprint density at radius 3 is 1.80 bits per heavy atom. The monoisotopic (exact) mass is 404 g/mol. The molecule has 2 aromatic rings. The lowest BCUT2D eigenvalue weighted by Gasteiger charge is -2.06. The van der Waals surface area contributed by atoms with E-state index in [4.69, 9.17) is 9.47 Å². The van der Waals surface area contributed by atoms with Crippen molar-refractivity contribution in [3.63, 3.8) is 0 Å². The van der Waals surface area contributed by atoms with E-state index in [0.29, 0.717) is 6.61 Å². The summed E-state index contributed by atoms with van der Waals surface area (Å²) >= 11 is 0. The number of benzene rings is 2. The fraction of sp³-hybridized carbons (Fsp3) is 0.429. The summed E-state index contributed by atoms with van der Waals surface area (Å²) in [5.41, 5.74) is 1.97. The number of rotatable bonds is 13. The summed E-state index contributed by atoms with van der Waals surface area (Å²) in [6.45, 7) is 5.82. The fourth-order valence-corrected chi connectivity index (χ4v) is 2.98. The van der Waals surface area contributed by atoms with Crippen LogP contribution in [0.5, 0.6) is 11.5 Å². The lowest BCUT2D eigenvalue weighted by atomic mass is 10.1. The standard InChI is InChI=1S/C28H36O2/c1-3-5-7-9-10-12-24-30-28-21-17-26(18-22-28)14-13-25-15-19-27(20-16-25)29-23-11-8-6-4-2/h8,11,15-22H,3-7,9-10,12,23-24H2,1-2H3. The summed E-state index contributed by atoms with van der Waals surface area (Å²) in [6, 6.07) is 16.0. The molecule has 2 rings (SSSR count). The number of ether oxygens (including phenoxy) is 2. The Morgan fingerprint density at radius 1 is 0.633 bits per heavy atom. The van der Waals surface area contributed by atoms with Crippen LogP contribution in [0.15, 0.2) is 60.7 Å². The molecule has 0 aliphatic carbocycles. The van der Waals surface area contributed by atoms with Crippen molar-refractivity contribution in [1.29, 1.82) is 0 Å². The molecule has 0 bridgehead atoms. The van der Waals surface area contributed by atoms with E-state index >= 15 is 0 Å². The number of allylic oxidation sites excluding steroid dienone is 1. The van der Waals surface area contributed by atoms with E-state index in [1.165, 1.54) is 38.5 Å². The van der Waals surface area contributed by atoms with Gasteiger partial charge in [-0.15, -0.1) is 0 Å². The average Bonchev–Trinajstić information content (AvgIpc) is 2.78. The normalized spacial score (nSPS) is 10.6. The topological polar surface area (TPSA) is 18.5 Å². The van der Waals surface area contributed by atoms with Crippen molar-refractivity contribution in [3.05, 3.63) is 71.8 Å². The molecule has 0 saturated carbocycles. The van der Waals surface area contributed by atoms with Gasteiger partial charge in [0.2, 0.25) is 0 Å². The highest BCUT2D eigenvalue weighted by Gasteiger charge is 1.96. The predicted molar refractivity (Wildman–Crippen MR) is 127 cm³/mol. The zero-order chi connectivity index (χ0) is 21.3. The highest BCUT2D eigenvalue weighted by atomic mass is 16.5. The first-order valence-corrected chi connectivity index (χ1v) is 11.4. The maximum absolute atomic E-state index is 5.83. The van der Waals surface area contributed by atoms with E-state index in [1.54, 1.807) is 0 Å². The average molecular weight is 405 g/mol. The van der Waals surface area contributed by atoms with Gasteiger partial charge in [-0.25, -0.2) is 0 Å². The Morgan fingerprint density at radius 2 is 1.20 bits per heavy atom. The third-order valence-electron chi connectivity index (χ3n) is 4.79. The molecule has 0 unspecified atom stereocenters. The molecular weight excluding hydrogens is 368 g/mol. The van der Waals surface area contributed by atoms with E-state index in [2.05, 4.69) is 37.8 Å². The van der Waals surface area contributed by atoms with Crippen molar-refractivity contribution in [2.24, 2.45) is 0 Å². The van der Waals surface area contributed by atoms with Crippen molar-refractivity contribution in [2.45, 2.75) is 65.2 Å². The third-order valence-corrected chi connectivity index (χ3v) is 4.79. The van der Waals surface area contributed by atoms with Crippen LogP contribution in [0, 0.1) is 11.8 Å². The highest BCUT2D eigenvalue weighted by Crippen LogP contribution is 2.14. The van der Waals surface area contributed by atoms with E-state index < -0.39 is 0 Å². The molecule has 2 heteroatoms. The summed E-state index contributed by atoms with van der Waals surface area (Å²) in [7, 11) is 0. The largest absolute Gasteiger partial charge is 0.494 e. The molecule has 0 aliphatic heterocycles. The molecule has 0 radical (unpaired) electrons. The second-order valence-corrected chi connectivity index (χ2v) is 7.49. The second-order valence-electron chi connectivity index (χ2n) is 7.49. The maximum Gasteiger partial charge on any atom is 0.119 e. The van der Waals surface area contributed by atoms with Gasteiger partial charge in [0.25, 0.3) is 0 Å². The highest BCUT2D eigenvalue weighted by molar-refractivity contribution is 5.45. The van der Waals surface area contributed by atoms with Crippen LogP contribution in [0.1, 0.15) is 76.3 Å². The third kappa shape index (κ3) is 10.2. The zero-order valence-electron chi connectivity index (χ0n) is 18.7. The summed E-state index contributed by atoms with van der Waals surface area (Å²) in [4.78, 5) is 0. The molecule has 0 aromatic heterocycles. The molecular formula is C28H36O2. The number of unbranched alkanes of at least 4 members (excludes halogenated alkanes) is 6. The molecule has 0 N–H and O–H groups in total. The van der Waals surface area contributed by atoms with Gasteiger partial charge in [0.15, 0.2) is 0 Å². The molecule has 0 atom stereocenters. The second kappa shape index (κ2) is 15.2. The summed E-state index contributed by atoms with van der Waals surface area (Å²) in [5.74, 6) is 8.21. The quantitative estimate of drug-likeness (QED) is 0.195. The minimum absolute atomic E-state index is 0.609. The van der Waals surface area contributed by atoms with Gasteiger partial charge in [0.1, 0.15) is 18.1 Å². The predicted octanol–water partition coefficient (Wildman–Crippen LogP) is 7.56. The minimum atomic E-state index is 0.609. The first-order chi connectivity index (χ1) is 14.8. The van der Waals surface area contributed by atoms with Gasteiger partial charge in [0.05, 0.1) is 6.61 Å². The molecule has 0 aliphatic rings. The lowest BCUT2D eigenvalue weighted by Crippen LogP contribution is -1.97. The molecule has 160 valence electrons. The van der Waals surface area contributed by atoms with Gasteiger partial charge in [0, 0.05) is 11.1 Å². The zero-order valence-corrected chi connectivity index (χ0v) is 18.7. The first-order valence-electron chi connectivity index (χ1n) is 11.4. The van der Waals surface area contributed by atoms with Crippen molar-refractivity contribution in [2.75, 3.05) is 13.2 Å². The van der Waals surface area contributed by atoms with Gasteiger partial charge in [-0.3, -0.25) is 0 Å². The minimum Gasteiger partial charge on any atom is -0.494 e. The van der Waals surface area contributed by atoms with Gasteiger partial charge in [-0.05, 0) is 61.4 Å². The molecule has 0 saturated heterocycles. The van der Waals surface area contributed by atoms with Crippen LogP contribution < -0.4 is 9.47 Å². The van der Waals surface area contributed by atoms with Gasteiger partial charge in [-0.1, -0.05) is 76.4 Å². The number of hydrogen-bond acceptors (Lipinski definition) is 2. The summed E-state index contributed by atoms with van der Waals surface area (Å²) in [5, 5.41) is 0. The van der Waals surface area contributed by atoms with Crippen molar-refractivity contribution < 1.29 is 9.47 Å². The van der Waals surface area contributed by atoms with E-state index in [0.717, 1.165) is 42.1 Å². The summed E-state index contributed by atoms with van der Waals surface area (Å²) < 4.78 is 11.5. The van der Waals surface area contributed by atoms with E-state index in [9.17, 15) is 0 Å².